The van der Waals surface area contributed by atoms with Crippen LogP contribution in [-0.2, 0) is 14.3 Å². The molecule has 0 saturated carbocycles. The van der Waals surface area contributed by atoms with Crippen LogP contribution >= 0.6 is 0 Å². The van der Waals surface area contributed by atoms with Crippen molar-refractivity contribution >= 4 is 11.8 Å². The molecule has 18 heavy (non-hydrogen) atoms. The van der Waals surface area contributed by atoms with Gasteiger partial charge < -0.3 is 20.7 Å². The molecule has 0 aliphatic carbocycles. The average Bonchev–Trinajstić information content (AvgIpc) is 2.62. The van der Waals surface area contributed by atoms with Crippen LogP contribution < -0.4 is 11.1 Å². The molecule has 3 N–H and O–H groups in total. The molecule has 1 fully saturated rings. The lowest BCUT2D eigenvalue weighted by atomic mass is 9.98. The van der Waals surface area contributed by atoms with E-state index >= 15 is 0 Å². The fourth-order valence-corrected chi connectivity index (χ4v) is 1.87. The normalized spacial score (nSPS) is 23.8. The average molecular weight is 257 g/mol. The number of amides is 2. The summed E-state index contributed by atoms with van der Waals surface area (Å²) in [5.41, 5.74) is 4.68. The molecule has 2 amide bonds. The van der Waals surface area contributed by atoms with Crippen LogP contribution in [0.2, 0.25) is 0 Å². The molecule has 0 bridgehead atoms. The first-order valence-electron chi connectivity index (χ1n) is 6.07. The van der Waals surface area contributed by atoms with Gasteiger partial charge in [0.05, 0.1) is 13.2 Å². The smallest absolute Gasteiger partial charge is 0.245 e. The zero-order valence-electron chi connectivity index (χ0n) is 11.6. The molecule has 1 heterocycles. The van der Waals surface area contributed by atoms with Crippen LogP contribution in [0.15, 0.2) is 0 Å². The van der Waals surface area contributed by atoms with Crippen LogP contribution in [0.4, 0.5) is 0 Å². The van der Waals surface area contributed by atoms with Gasteiger partial charge in [-0.05, 0) is 27.2 Å². The van der Waals surface area contributed by atoms with Gasteiger partial charge in [0.2, 0.25) is 11.8 Å². The minimum Gasteiger partial charge on any atom is -0.379 e. The third-order valence-corrected chi connectivity index (χ3v) is 2.72. The maximum atomic E-state index is 12.1. The summed E-state index contributed by atoms with van der Waals surface area (Å²) >= 11 is 0. The van der Waals surface area contributed by atoms with Crippen LogP contribution in [0, 0.1) is 0 Å². The van der Waals surface area contributed by atoms with Crippen molar-refractivity contribution in [3.8, 4) is 0 Å². The Morgan fingerprint density at radius 3 is 2.50 bits per heavy atom. The van der Waals surface area contributed by atoms with Gasteiger partial charge >= 0.3 is 0 Å². The Bertz CT molecular complexity index is 330. The molecular weight excluding hydrogens is 234 g/mol. The first kappa shape index (κ1) is 14.9. The molecule has 0 aromatic rings. The van der Waals surface area contributed by atoms with Gasteiger partial charge in [0, 0.05) is 19.2 Å². The maximum absolute atomic E-state index is 12.1. The lowest BCUT2D eigenvalue weighted by Gasteiger charge is -2.28. The summed E-state index contributed by atoms with van der Waals surface area (Å²) in [4.78, 5) is 25.2. The van der Waals surface area contributed by atoms with E-state index in [4.69, 9.17) is 10.5 Å². The van der Waals surface area contributed by atoms with Crippen LogP contribution in [0.3, 0.4) is 0 Å². The van der Waals surface area contributed by atoms with Crippen LogP contribution in [0.5, 0.6) is 0 Å². The highest BCUT2D eigenvalue weighted by molar-refractivity contribution is 5.90. The van der Waals surface area contributed by atoms with E-state index in [1.165, 1.54) is 4.90 Å². The second kappa shape index (κ2) is 5.24. The molecule has 0 radical (unpaired) electrons. The fourth-order valence-electron chi connectivity index (χ4n) is 1.87. The van der Waals surface area contributed by atoms with E-state index in [-0.39, 0.29) is 30.5 Å². The predicted molar refractivity (Wildman–Crippen MR) is 67.9 cm³/mol. The number of likely N-dealkylation sites (N-methyl/N-ethyl adjacent to an activating group) is 1. The van der Waals surface area contributed by atoms with Crippen molar-refractivity contribution in [2.24, 2.45) is 5.73 Å². The first-order chi connectivity index (χ1) is 8.14. The number of nitrogens with two attached hydrogens (primary N) is 1. The summed E-state index contributed by atoms with van der Waals surface area (Å²) < 4.78 is 5.14. The predicted octanol–water partition coefficient (Wildman–Crippen LogP) is -0.523. The van der Waals surface area contributed by atoms with E-state index in [1.54, 1.807) is 7.05 Å². The van der Waals surface area contributed by atoms with Gasteiger partial charge in [0.1, 0.15) is 5.54 Å². The van der Waals surface area contributed by atoms with Gasteiger partial charge in [-0.3, -0.25) is 9.59 Å². The Morgan fingerprint density at radius 1 is 1.44 bits per heavy atom. The van der Waals surface area contributed by atoms with Gasteiger partial charge in [-0.15, -0.1) is 0 Å². The van der Waals surface area contributed by atoms with E-state index in [2.05, 4.69) is 5.32 Å². The third-order valence-electron chi connectivity index (χ3n) is 2.72. The highest BCUT2D eigenvalue weighted by atomic mass is 16.5. The summed E-state index contributed by atoms with van der Waals surface area (Å²) in [7, 11) is 1.58. The molecule has 6 nitrogen and oxygen atoms in total. The number of rotatable bonds is 3. The fraction of sp³-hybridized carbons (Fsp3) is 0.833. The van der Waals surface area contributed by atoms with Crippen molar-refractivity contribution < 1.29 is 14.3 Å². The molecule has 0 spiro atoms. The molecule has 1 atom stereocenters. The third kappa shape index (κ3) is 3.96. The molecule has 1 saturated heterocycles. The van der Waals surface area contributed by atoms with E-state index < -0.39 is 5.54 Å². The molecule has 1 aliphatic rings. The molecule has 1 rings (SSSR count). The topological polar surface area (TPSA) is 84.7 Å². The molecular formula is C12H23N3O3. The van der Waals surface area contributed by atoms with E-state index in [1.807, 2.05) is 20.8 Å². The Balaban J connectivity index is 2.52. The number of carbonyl (C=O) groups excluding carboxylic acids is 2. The quantitative estimate of drug-likeness (QED) is 0.712. The van der Waals surface area contributed by atoms with Crippen molar-refractivity contribution in [2.45, 2.75) is 38.3 Å². The second-order valence-corrected chi connectivity index (χ2v) is 5.92. The van der Waals surface area contributed by atoms with Crippen LogP contribution in [-0.4, -0.2) is 54.6 Å². The second-order valence-electron chi connectivity index (χ2n) is 5.92. The molecule has 6 heteroatoms. The van der Waals surface area contributed by atoms with Gasteiger partial charge in [-0.1, -0.05) is 0 Å². The number of ether oxygens (including phenoxy) is 1. The Hall–Kier alpha value is -1.14. The van der Waals surface area contributed by atoms with Gasteiger partial charge in [-0.2, -0.15) is 0 Å². The molecule has 1 aliphatic heterocycles. The van der Waals surface area contributed by atoms with Gasteiger partial charge in [0.15, 0.2) is 0 Å². The standard InChI is InChI=1S/C12H23N3O3/c1-11(2,3)14-9(16)7-15(4)10(17)12(13)5-6-18-8-12/h5-8,13H2,1-4H3,(H,14,16). The Morgan fingerprint density at radius 2 is 2.06 bits per heavy atom. The molecule has 0 aromatic carbocycles. The van der Waals surface area contributed by atoms with Crippen molar-refractivity contribution in [1.82, 2.24) is 10.2 Å². The summed E-state index contributed by atoms with van der Waals surface area (Å²) in [5, 5.41) is 2.80. The minimum absolute atomic E-state index is 0.00898. The zero-order chi connectivity index (χ0) is 14.0. The van der Waals surface area contributed by atoms with Crippen molar-refractivity contribution in [3.63, 3.8) is 0 Å². The summed E-state index contributed by atoms with van der Waals surface area (Å²) in [6.07, 6.45) is 0.497. The molecule has 0 aromatic heterocycles. The monoisotopic (exact) mass is 257 g/mol. The SMILES string of the molecule is CN(CC(=O)NC(C)(C)C)C(=O)C1(N)CCOC1. The Labute approximate surface area is 108 Å². The summed E-state index contributed by atoms with van der Waals surface area (Å²) in [6, 6.07) is 0. The van der Waals surface area contributed by atoms with Crippen LogP contribution in [0.25, 0.3) is 0 Å². The van der Waals surface area contributed by atoms with Crippen molar-refractivity contribution in [1.29, 1.82) is 0 Å². The van der Waals surface area contributed by atoms with E-state index in [0.29, 0.717) is 13.0 Å². The Kier molecular flexibility index (Phi) is 4.34. The lowest BCUT2D eigenvalue weighted by molar-refractivity contribution is -0.139. The van der Waals surface area contributed by atoms with E-state index in [0.717, 1.165) is 0 Å². The summed E-state index contributed by atoms with van der Waals surface area (Å²) in [6.45, 7) is 6.39. The van der Waals surface area contributed by atoms with Gasteiger partial charge in [-0.25, -0.2) is 0 Å². The highest BCUT2D eigenvalue weighted by Gasteiger charge is 2.40. The number of nitrogens with one attached hydrogen (secondary N) is 1. The van der Waals surface area contributed by atoms with Crippen LogP contribution in [0.1, 0.15) is 27.2 Å². The number of nitrogens with zero attached hydrogens (tertiary/aromatic N) is 1. The maximum Gasteiger partial charge on any atom is 0.245 e. The lowest BCUT2D eigenvalue weighted by Crippen LogP contribution is -2.57. The van der Waals surface area contributed by atoms with E-state index in [9.17, 15) is 9.59 Å². The summed E-state index contributed by atoms with van der Waals surface area (Å²) in [5.74, 6) is -0.440. The molecule has 1 unspecified atom stereocenters. The number of hydrogen-bond donors (Lipinski definition) is 2. The number of hydrogen-bond acceptors (Lipinski definition) is 4. The van der Waals surface area contributed by atoms with Crippen molar-refractivity contribution in [2.75, 3.05) is 26.8 Å². The highest BCUT2D eigenvalue weighted by Crippen LogP contribution is 2.17. The minimum atomic E-state index is -0.975. The number of carbonyl (C=O) groups is 2. The largest absolute Gasteiger partial charge is 0.379 e. The first-order valence-corrected chi connectivity index (χ1v) is 6.07. The van der Waals surface area contributed by atoms with Gasteiger partial charge in [0.25, 0.3) is 0 Å². The zero-order valence-corrected chi connectivity index (χ0v) is 11.6. The van der Waals surface area contributed by atoms with Crippen molar-refractivity contribution in [3.05, 3.63) is 0 Å². The molecule has 104 valence electrons.